The lowest BCUT2D eigenvalue weighted by molar-refractivity contribution is 0.0356. The zero-order valence-electron chi connectivity index (χ0n) is 14.0. The molecule has 1 saturated carbocycles. The van der Waals surface area contributed by atoms with Gasteiger partial charge in [-0.15, -0.1) is 0 Å². The fourth-order valence-corrected chi connectivity index (χ4v) is 3.94. The highest BCUT2D eigenvalue weighted by atomic mass is 35.5. The van der Waals surface area contributed by atoms with E-state index in [-0.39, 0.29) is 12.0 Å². The van der Waals surface area contributed by atoms with E-state index in [2.05, 4.69) is 25.9 Å². The molecule has 0 amide bonds. The second-order valence-corrected chi connectivity index (χ2v) is 8.32. The van der Waals surface area contributed by atoms with Gasteiger partial charge in [-0.3, -0.25) is 4.68 Å². The van der Waals surface area contributed by atoms with Crippen molar-refractivity contribution in [3.63, 3.8) is 0 Å². The lowest BCUT2D eigenvalue weighted by atomic mass is 9.63. The van der Waals surface area contributed by atoms with Crippen molar-refractivity contribution in [2.45, 2.75) is 59.8 Å². The van der Waals surface area contributed by atoms with Gasteiger partial charge in [-0.05, 0) is 55.8 Å². The summed E-state index contributed by atoms with van der Waals surface area (Å²) in [4.78, 5) is 0. The van der Waals surface area contributed by atoms with Crippen molar-refractivity contribution in [3.05, 3.63) is 16.4 Å². The van der Waals surface area contributed by atoms with E-state index in [0.717, 1.165) is 41.6 Å². The Labute approximate surface area is 133 Å². The monoisotopic (exact) mass is 312 g/mol. The Morgan fingerprint density at radius 2 is 1.90 bits per heavy atom. The summed E-state index contributed by atoms with van der Waals surface area (Å²) in [6, 6.07) is 0. The second-order valence-electron chi connectivity index (χ2n) is 7.94. The number of nitrogens with zero attached hydrogens (tertiary/aromatic N) is 2. The molecule has 0 spiro atoms. The second kappa shape index (κ2) is 5.92. The highest BCUT2D eigenvalue weighted by molar-refractivity contribution is 6.31. The molecule has 0 aliphatic heterocycles. The average molecular weight is 313 g/mol. The Balaban J connectivity index is 2.14. The van der Waals surface area contributed by atoms with Gasteiger partial charge in [0.1, 0.15) is 0 Å². The van der Waals surface area contributed by atoms with Gasteiger partial charge in [-0.1, -0.05) is 32.4 Å². The van der Waals surface area contributed by atoms with Crippen molar-refractivity contribution in [1.82, 2.24) is 9.78 Å². The van der Waals surface area contributed by atoms with Crippen molar-refractivity contribution in [3.8, 4) is 0 Å². The lowest BCUT2D eigenvalue weighted by Gasteiger charge is -2.43. The molecule has 3 nitrogen and oxygen atoms in total. The molecule has 1 aromatic heterocycles. The minimum Gasteiger partial charge on any atom is -0.396 e. The van der Waals surface area contributed by atoms with E-state index in [1.807, 2.05) is 18.7 Å². The molecule has 1 N–H and O–H groups in total. The van der Waals surface area contributed by atoms with Gasteiger partial charge in [0.05, 0.1) is 16.4 Å². The quantitative estimate of drug-likeness (QED) is 0.911. The highest BCUT2D eigenvalue weighted by Gasteiger charge is 2.39. The molecule has 1 aromatic rings. The standard InChI is InChI=1S/C17H29ClN2O/c1-12-15(18)14(20(5)19-12)10-17(11-21)8-6-13(7-9-17)16(2,3)4/h13,21H,6-11H2,1-5H3. The van der Waals surface area contributed by atoms with E-state index in [1.54, 1.807) is 0 Å². The molecule has 2 rings (SSSR count). The van der Waals surface area contributed by atoms with E-state index in [0.29, 0.717) is 5.41 Å². The molecule has 1 fully saturated rings. The SMILES string of the molecule is Cc1nn(C)c(CC2(CO)CCC(C(C)(C)C)CC2)c1Cl. The number of hydrogen-bond donors (Lipinski definition) is 1. The molecule has 1 heterocycles. The van der Waals surface area contributed by atoms with E-state index >= 15 is 0 Å². The van der Waals surface area contributed by atoms with E-state index < -0.39 is 0 Å². The molecule has 1 aliphatic carbocycles. The summed E-state index contributed by atoms with van der Waals surface area (Å²) >= 11 is 6.39. The van der Waals surface area contributed by atoms with E-state index in [1.165, 1.54) is 12.8 Å². The molecule has 0 aromatic carbocycles. The van der Waals surface area contributed by atoms with Crippen LogP contribution in [0.25, 0.3) is 0 Å². The number of rotatable bonds is 3. The third-order valence-electron chi connectivity index (χ3n) is 5.41. The Morgan fingerprint density at radius 3 is 2.29 bits per heavy atom. The Kier molecular flexibility index (Phi) is 4.75. The van der Waals surface area contributed by atoms with Gasteiger partial charge >= 0.3 is 0 Å². The summed E-state index contributed by atoms with van der Waals surface area (Å²) < 4.78 is 1.88. The number of hydrogen-bond acceptors (Lipinski definition) is 2. The number of aliphatic hydroxyl groups is 1. The fraction of sp³-hybridized carbons (Fsp3) is 0.824. The van der Waals surface area contributed by atoms with Crippen molar-refractivity contribution >= 4 is 11.6 Å². The maximum Gasteiger partial charge on any atom is 0.0847 e. The summed E-state index contributed by atoms with van der Waals surface area (Å²) in [5, 5.41) is 15.2. The van der Waals surface area contributed by atoms with Gasteiger partial charge < -0.3 is 5.11 Å². The molecule has 1 aliphatic rings. The van der Waals surface area contributed by atoms with Crippen LogP contribution in [0.5, 0.6) is 0 Å². The Morgan fingerprint density at radius 1 is 1.33 bits per heavy atom. The van der Waals surface area contributed by atoms with Gasteiger partial charge in [0, 0.05) is 13.7 Å². The molecule has 0 atom stereocenters. The van der Waals surface area contributed by atoms with Crippen LogP contribution in [0.15, 0.2) is 0 Å². The average Bonchev–Trinajstić information content (AvgIpc) is 2.65. The molecule has 0 radical (unpaired) electrons. The summed E-state index contributed by atoms with van der Waals surface area (Å²) in [5.74, 6) is 0.751. The Bertz CT molecular complexity index is 494. The topological polar surface area (TPSA) is 38.0 Å². The van der Waals surface area contributed by atoms with Gasteiger partial charge in [-0.25, -0.2) is 0 Å². The third-order valence-corrected chi connectivity index (χ3v) is 5.90. The van der Waals surface area contributed by atoms with Crippen LogP contribution < -0.4 is 0 Å². The maximum absolute atomic E-state index is 10.0. The van der Waals surface area contributed by atoms with Crippen molar-refractivity contribution in [2.24, 2.45) is 23.8 Å². The zero-order valence-corrected chi connectivity index (χ0v) is 14.8. The number of aliphatic hydroxyl groups excluding tert-OH is 1. The minimum atomic E-state index is -0.0222. The summed E-state index contributed by atoms with van der Waals surface area (Å²) in [7, 11) is 1.94. The van der Waals surface area contributed by atoms with Gasteiger partial charge in [0.25, 0.3) is 0 Å². The number of halogens is 1. The van der Waals surface area contributed by atoms with Gasteiger partial charge in [0.2, 0.25) is 0 Å². The molecule has 0 bridgehead atoms. The van der Waals surface area contributed by atoms with Crippen LogP contribution in [0.4, 0.5) is 0 Å². The van der Waals surface area contributed by atoms with Crippen molar-refractivity contribution in [2.75, 3.05) is 6.61 Å². The van der Waals surface area contributed by atoms with Crippen molar-refractivity contribution < 1.29 is 5.11 Å². The van der Waals surface area contributed by atoms with Crippen LogP contribution in [0.1, 0.15) is 57.8 Å². The van der Waals surface area contributed by atoms with Crippen LogP contribution in [0, 0.1) is 23.7 Å². The largest absolute Gasteiger partial charge is 0.396 e. The summed E-state index contributed by atoms with van der Waals surface area (Å²) in [5.41, 5.74) is 2.29. The van der Waals surface area contributed by atoms with Gasteiger partial charge in [-0.2, -0.15) is 5.10 Å². The first kappa shape index (κ1) is 16.8. The first-order chi connectivity index (χ1) is 9.68. The minimum absolute atomic E-state index is 0.0222. The predicted octanol–water partition coefficient (Wildman–Crippen LogP) is 4.14. The lowest BCUT2D eigenvalue weighted by Crippen LogP contribution is -2.37. The Hall–Kier alpha value is -0.540. The van der Waals surface area contributed by atoms with E-state index in [4.69, 9.17) is 11.6 Å². The molecular weight excluding hydrogens is 284 g/mol. The molecule has 21 heavy (non-hydrogen) atoms. The fourth-order valence-electron chi connectivity index (χ4n) is 3.71. The highest BCUT2D eigenvalue weighted by Crippen LogP contribution is 2.47. The van der Waals surface area contributed by atoms with Crippen LogP contribution in [-0.4, -0.2) is 21.5 Å². The smallest absolute Gasteiger partial charge is 0.0847 e. The predicted molar refractivity (Wildman–Crippen MR) is 87.6 cm³/mol. The van der Waals surface area contributed by atoms with Gasteiger partial charge in [0.15, 0.2) is 0 Å². The number of aryl methyl sites for hydroxylation is 2. The first-order valence-electron chi connectivity index (χ1n) is 7.97. The third kappa shape index (κ3) is 3.45. The van der Waals surface area contributed by atoms with Crippen LogP contribution in [-0.2, 0) is 13.5 Å². The first-order valence-corrected chi connectivity index (χ1v) is 8.35. The number of aromatic nitrogens is 2. The molecular formula is C17H29ClN2O. The zero-order chi connectivity index (χ0) is 15.8. The molecule has 120 valence electrons. The van der Waals surface area contributed by atoms with E-state index in [9.17, 15) is 5.11 Å². The normalized spacial score (nSPS) is 27.1. The molecule has 4 heteroatoms. The van der Waals surface area contributed by atoms with Crippen molar-refractivity contribution in [1.29, 1.82) is 0 Å². The summed E-state index contributed by atoms with van der Waals surface area (Å²) in [6.45, 7) is 9.15. The molecule has 0 saturated heterocycles. The van der Waals surface area contributed by atoms with Crippen LogP contribution in [0.2, 0.25) is 5.02 Å². The van der Waals surface area contributed by atoms with Crippen LogP contribution in [0.3, 0.4) is 0 Å². The molecule has 0 unspecified atom stereocenters. The summed E-state index contributed by atoms with van der Waals surface area (Å²) in [6.07, 6.45) is 5.37. The maximum atomic E-state index is 10.0. The van der Waals surface area contributed by atoms with Crippen LogP contribution >= 0.6 is 11.6 Å².